The number of hydrogen-bond acceptors (Lipinski definition) is 6. The number of alkyl halides is 3. The second-order valence-electron chi connectivity index (χ2n) is 7.60. The zero-order valence-electron chi connectivity index (χ0n) is 17.5. The Bertz CT molecular complexity index is 967. The minimum atomic E-state index is -4.31. The topological polar surface area (TPSA) is 94.5 Å². The molecule has 170 valence electrons. The summed E-state index contributed by atoms with van der Waals surface area (Å²) in [5, 5.41) is 5.83. The summed E-state index contributed by atoms with van der Waals surface area (Å²) in [5.41, 5.74) is 1.04. The highest BCUT2D eigenvalue weighted by Crippen LogP contribution is 2.34. The summed E-state index contributed by atoms with van der Waals surface area (Å²) in [7, 11) is 1.23. The average molecular weight is 442 g/mol. The van der Waals surface area contributed by atoms with Crippen LogP contribution in [-0.2, 0) is 20.8 Å². The van der Waals surface area contributed by atoms with E-state index in [-0.39, 0.29) is 17.5 Å². The molecule has 0 saturated carbocycles. The maximum absolute atomic E-state index is 12.7. The number of aromatic nitrogens is 2. The first kappa shape index (κ1) is 22.9. The maximum Gasteiger partial charge on any atom is 0.391 e. The van der Waals surface area contributed by atoms with Crippen LogP contribution in [0, 0.1) is 0 Å². The Hall–Kier alpha value is -2.82. The van der Waals surface area contributed by atoms with Gasteiger partial charge in [-0.1, -0.05) is 0 Å². The van der Waals surface area contributed by atoms with E-state index in [0.29, 0.717) is 29.9 Å². The largest absolute Gasteiger partial charge is 0.464 e. The second-order valence-corrected chi connectivity index (χ2v) is 7.60. The van der Waals surface area contributed by atoms with Crippen LogP contribution < -0.4 is 10.6 Å². The predicted octanol–water partition coefficient (Wildman–Crippen LogP) is 3.71. The minimum Gasteiger partial charge on any atom is -0.464 e. The van der Waals surface area contributed by atoms with Crippen molar-refractivity contribution in [3.8, 4) is 0 Å². The molecule has 0 spiro atoms. The smallest absolute Gasteiger partial charge is 0.391 e. The number of rotatable bonds is 7. The van der Waals surface area contributed by atoms with Gasteiger partial charge in [-0.15, -0.1) is 0 Å². The fraction of sp³-hybridized carbons (Fsp3) is 0.550. The van der Waals surface area contributed by atoms with Crippen molar-refractivity contribution >= 4 is 34.3 Å². The van der Waals surface area contributed by atoms with Crippen LogP contribution in [0.5, 0.6) is 0 Å². The molecule has 1 saturated heterocycles. The highest BCUT2D eigenvalue weighted by atomic mass is 19.4. The number of carbonyl (C=O) groups is 2. The number of anilines is 2. The van der Waals surface area contributed by atoms with Crippen LogP contribution in [0.25, 0.3) is 11.0 Å². The van der Waals surface area contributed by atoms with E-state index in [4.69, 9.17) is 9.47 Å². The molecule has 2 aromatic rings. The molecule has 0 radical (unpaired) electrons. The number of carbonyl (C=O) groups excluding carboxylic acids is 2. The van der Waals surface area contributed by atoms with E-state index >= 15 is 0 Å². The number of halogens is 3. The van der Waals surface area contributed by atoms with Crippen molar-refractivity contribution in [3.05, 3.63) is 18.0 Å². The molecule has 0 aliphatic carbocycles. The zero-order valence-corrected chi connectivity index (χ0v) is 17.5. The average Bonchev–Trinajstić information content (AvgIpc) is 3.26. The van der Waals surface area contributed by atoms with Crippen LogP contribution in [0.4, 0.5) is 24.5 Å². The minimum absolute atomic E-state index is 0.108. The standard InChI is InChI=1S/C20H25F3N4O4/c1-11(8-20(21,22)23)25-13-7-15-16(26-12(2)28)17(19(29)30-3)27(18(15)24-9-13)10-14-5-4-6-31-14/h7,9,11,14,25H,4-6,8,10H2,1-3H3,(H,26,28)/t11-,14+/m0/s1. The first-order valence-corrected chi connectivity index (χ1v) is 9.92. The Kier molecular flexibility index (Phi) is 6.73. The number of pyridine rings is 1. The zero-order chi connectivity index (χ0) is 22.8. The van der Waals surface area contributed by atoms with E-state index in [2.05, 4.69) is 15.6 Å². The molecule has 2 N–H and O–H groups in total. The van der Waals surface area contributed by atoms with Crippen LogP contribution >= 0.6 is 0 Å². The lowest BCUT2D eigenvalue weighted by molar-refractivity contribution is -0.136. The molecule has 11 heteroatoms. The summed E-state index contributed by atoms with van der Waals surface area (Å²) in [5.74, 6) is -1.08. The van der Waals surface area contributed by atoms with Crippen LogP contribution in [0.1, 0.15) is 43.6 Å². The van der Waals surface area contributed by atoms with E-state index in [9.17, 15) is 22.8 Å². The van der Waals surface area contributed by atoms with Gasteiger partial charge in [0.05, 0.1) is 43.8 Å². The van der Waals surface area contributed by atoms with Gasteiger partial charge in [0.25, 0.3) is 0 Å². The van der Waals surface area contributed by atoms with Crippen molar-refractivity contribution in [3.63, 3.8) is 0 Å². The molecule has 1 aliphatic rings. The van der Waals surface area contributed by atoms with Gasteiger partial charge in [-0.25, -0.2) is 9.78 Å². The van der Waals surface area contributed by atoms with Gasteiger partial charge in [-0.3, -0.25) is 4.79 Å². The van der Waals surface area contributed by atoms with Gasteiger partial charge >= 0.3 is 12.1 Å². The third-order valence-corrected chi connectivity index (χ3v) is 4.94. The van der Waals surface area contributed by atoms with E-state index < -0.39 is 30.5 Å². The maximum atomic E-state index is 12.7. The molecule has 1 amide bonds. The summed E-state index contributed by atoms with van der Waals surface area (Å²) in [6, 6.07) is 0.677. The first-order valence-electron chi connectivity index (χ1n) is 9.92. The Morgan fingerprint density at radius 3 is 2.74 bits per heavy atom. The third kappa shape index (κ3) is 5.46. The number of hydrogen-bond donors (Lipinski definition) is 2. The normalized spacial score (nSPS) is 17.5. The lowest BCUT2D eigenvalue weighted by Gasteiger charge is -2.17. The molecule has 2 aromatic heterocycles. The van der Waals surface area contributed by atoms with Crippen molar-refractivity contribution in [2.75, 3.05) is 24.4 Å². The molecular weight excluding hydrogens is 417 g/mol. The molecule has 2 atom stereocenters. The molecule has 31 heavy (non-hydrogen) atoms. The fourth-order valence-electron chi connectivity index (χ4n) is 3.77. The lowest BCUT2D eigenvalue weighted by atomic mass is 10.2. The summed E-state index contributed by atoms with van der Waals surface area (Å²) in [4.78, 5) is 28.8. The van der Waals surface area contributed by atoms with E-state index in [1.54, 1.807) is 10.6 Å². The molecule has 0 unspecified atom stereocenters. The molecule has 3 rings (SSSR count). The molecule has 0 aromatic carbocycles. The summed E-state index contributed by atoms with van der Waals surface area (Å²) >= 11 is 0. The van der Waals surface area contributed by atoms with Crippen LogP contribution in [0.15, 0.2) is 12.3 Å². The Labute approximate surface area is 177 Å². The highest BCUT2D eigenvalue weighted by Gasteiger charge is 2.31. The number of amides is 1. The molecule has 1 aliphatic heterocycles. The van der Waals surface area contributed by atoms with Gasteiger partial charge in [-0.05, 0) is 25.8 Å². The fourth-order valence-corrected chi connectivity index (χ4v) is 3.77. The Balaban J connectivity index is 2.08. The predicted molar refractivity (Wildman–Crippen MR) is 108 cm³/mol. The number of fused-ring (bicyclic) bond motifs is 1. The molecule has 8 nitrogen and oxygen atoms in total. The quantitative estimate of drug-likeness (QED) is 0.635. The number of nitrogens with zero attached hydrogens (tertiary/aromatic N) is 2. The van der Waals surface area contributed by atoms with Crippen molar-refractivity contribution in [2.45, 2.75) is 58.0 Å². The first-order chi connectivity index (χ1) is 14.6. The molecule has 3 heterocycles. The van der Waals surface area contributed by atoms with Gasteiger partial charge in [-0.2, -0.15) is 13.2 Å². The highest BCUT2D eigenvalue weighted by molar-refractivity contribution is 6.10. The van der Waals surface area contributed by atoms with Crippen LogP contribution in [0.3, 0.4) is 0 Å². The van der Waals surface area contributed by atoms with E-state index in [1.165, 1.54) is 27.2 Å². The molecular formula is C20H25F3N4O4. The van der Waals surface area contributed by atoms with Gasteiger partial charge in [0, 0.05) is 25.0 Å². The summed E-state index contributed by atoms with van der Waals surface area (Å²) in [6.07, 6.45) is -2.35. The SMILES string of the molecule is COC(=O)c1c(NC(C)=O)c2cc(N[C@@H](C)CC(F)(F)F)cnc2n1C[C@H]1CCCO1. The van der Waals surface area contributed by atoms with Crippen molar-refractivity contribution in [1.82, 2.24) is 9.55 Å². The number of methoxy groups -OCH3 is 1. The third-order valence-electron chi connectivity index (χ3n) is 4.94. The van der Waals surface area contributed by atoms with Crippen LogP contribution in [0.2, 0.25) is 0 Å². The number of ether oxygens (including phenoxy) is 2. The molecule has 1 fully saturated rings. The second kappa shape index (κ2) is 9.13. The summed E-state index contributed by atoms with van der Waals surface area (Å²) < 4.78 is 50.3. The monoisotopic (exact) mass is 442 g/mol. The lowest BCUT2D eigenvalue weighted by Crippen LogP contribution is -2.23. The van der Waals surface area contributed by atoms with Crippen molar-refractivity contribution in [2.24, 2.45) is 0 Å². The Morgan fingerprint density at radius 1 is 1.42 bits per heavy atom. The number of esters is 1. The van der Waals surface area contributed by atoms with Gasteiger partial charge < -0.3 is 24.7 Å². The van der Waals surface area contributed by atoms with Crippen molar-refractivity contribution in [1.29, 1.82) is 0 Å². The van der Waals surface area contributed by atoms with Crippen molar-refractivity contribution < 1.29 is 32.2 Å². The summed E-state index contributed by atoms with van der Waals surface area (Å²) in [6.45, 7) is 3.65. The molecule has 0 bridgehead atoms. The van der Waals surface area contributed by atoms with Crippen LogP contribution in [-0.4, -0.2) is 53.5 Å². The number of nitrogens with one attached hydrogen (secondary N) is 2. The van der Waals surface area contributed by atoms with Gasteiger partial charge in [0.2, 0.25) is 5.91 Å². The van der Waals surface area contributed by atoms with Gasteiger partial charge in [0.1, 0.15) is 5.65 Å². The van der Waals surface area contributed by atoms with Gasteiger partial charge in [0.15, 0.2) is 5.69 Å². The Morgan fingerprint density at radius 2 is 2.16 bits per heavy atom. The van der Waals surface area contributed by atoms with E-state index in [1.807, 2.05) is 0 Å². The van der Waals surface area contributed by atoms with E-state index in [0.717, 1.165) is 12.8 Å².